The Hall–Kier alpha value is -12.3. The van der Waals surface area contributed by atoms with Gasteiger partial charge in [0.15, 0.2) is 0 Å². The van der Waals surface area contributed by atoms with E-state index in [9.17, 15) is 19.5 Å². The van der Waals surface area contributed by atoms with Crippen LogP contribution in [0.4, 0.5) is 0 Å². The molecule has 15 rings (SSSR count). The van der Waals surface area contributed by atoms with Crippen LogP contribution in [0.5, 0.6) is 17.2 Å². The van der Waals surface area contributed by atoms with Crippen LogP contribution in [0.2, 0.25) is 0 Å². The minimum atomic E-state index is -1.29. The standard InChI is InChI=1S/C105H102O22/c1-2-60-110-100(107)82-48-54-86(55-49-82)123-104-98(118-69-80-44-26-10-27-45-80)95(115-66-77-38-20-7-21-39-77)92(112-63-74-32-14-4-15-33-74)89(126-104)71-121-102(109)84-52-58-87(59-53-84)124-105-99(119-70-81-46-28-11-29-47-81)96(116-67-78-40-22-8-23-41-78)93(113-64-75-34-16-5-17-35-75)90(127-105)72-120-101(108)83-50-56-85(57-51-83)122-103-97(117-68-79-42-24-9-25-43-79)94(114-65-76-36-18-6-19-37-76)91(88(61-106)125-103)111-62-73-30-12-3-13-31-73/h2-59,88-99,103-106H,1,60-72H2/t88-,89-,90-,91-,92-,93-,94+,95+,96+,97-,98-,99-,103-,104-,105-/m1/s1. The van der Waals surface area contributed by atoms with Gasteiger partial charge in [-0.05, 0) is 123 Å². The van der Waals surface area contributed by atoms with E-state index in [-0.39, 0.29) is 96.2 Å². The van der Waals surface area contributed by atoms with Crippen LogP contribution in [0.1, 0.15) is 81.1 Å². The molecule has 3 fully saturated rings. The molecule has 0 spiro atoms. The normalized spacial score (nSPS) is 22.1. The van der Waals surface area contributed by atoms with E-state index >= 15 is 0 Å². The van der Waals surface area contributed by atoms with Crippen LogP contribution in [-0.4, -0.2) is 142 Å². The van der Waals surface area contributed by atoms with Crippen molar-refractivity contribution in [1.82, 2.24) is 0 Å². The van der Waals surface area contributed by atoms with Gasteiger partial charge in [0, 0.05) is 0 Å². The molecule has 22 heteroatoms. The lowest BCUT2D eigenvalue weighted by atomic mass is 9.97. The Bertz CT molecular complexity index is 5250. The van der Waals surface area contributed by atoms with Crippen molar-refractivity contribution in [2.75, 3.05) is 26.4 Å². The Balaban J connectivity index is 0.693. The summed E-state index contributed by atoms with van der Waals surface area (Å²) in [5, 5.41) is 11.1. The summed E-state index contributed by atoms with van der Waals surface area (Å²) in [6.45, 7) is 3.79. The van der Waals surface area contributed by atoms with Crippen molar-refractivity contribution in [2.24, 2.45) is 0 Å². The lowest BCUT2D eigenvalue weighted by molar-refractivity contribution is -0.308. The van der Waals surface area contributed by atoms with E-state index in [0.29, 0.717) is 17.1 Å². The molecule has 0 aliphatic carbocycles. The van der Waals surface area contributed by atoms with E-state index in [1.165, 1.54) is 6.08 Å². The van der Waals surface area contributed by atoms with E-state index in [1.54, 1.807) is 72.8 Å². The molecule has 3 aliphatic rings. The van der Waals surface area contributed by atoms with Gasteiger partial charge in [-0.25, -0.2) is 14.4 Å². The lowest BCUT2D eigenvalue weighted by Gasteiger charge is -2.45. The smallest absolute Gasteiger partial charge is 0.338 e. The van der Waals surface area contributed by atoms with Gasteiger partial charge in [0.1, 0.15) is 110 Å². The zero-order valence-corrected chi connectivity index (χ0v) is 70.1. The molecule has 654 valence electrons. The van der Waals surface area contributed by atoms with Crippen LogP contribution in [0, 0.1) is 0 Å². The van der Waals surface area contributed by atoms with Crippen LogP contribution in [-0.2, 0) is 131 Å². The third-order valence-electron chi connectivity index (χ3n) is 21.6. The maximum Gasteiger partial charge on any atom is 0.338 e. The second kappa shape index (κ2) is 46.8. The van der Waals surface area contributed by atoms with Crippen LogP contribution in [0.3, 0.4) is 0 Å². The number of aliphatic hydroxyl groups is 1. The van der Waals surface area contributed by atoms with Gasteiger partial charge < -0.3 is 90.4 Å². The maximum atomic E-state index is 14.8. The first kappa shape index (κ1) is 89.5. The number of carbonyl (C=O) groups excluding carboxylic acids is 3. The van der Waals surface area contributed by atoms with E-state index < -0.39 is 117 Å². The number of carbonyl (C=O) groups is 3. The third kappa shape index (κ3) is 25.7. The molecule has 12 aromatic carbocycles. The Morgan fingerprint density at radius 2 is 0.449 bits per heavy atom. The molecule has 0 amide bonds. The molecule has 0 aromatic heterocycles. The number of rotatable bonds is 43. The Labute approximate surface area is 739 Å². The minimum absolute atomic E-state index is 0.0359. The fourth-order valence-electron chi connectivity index (χ4n) is 15.0. The molecular weight excluding hydrogens is 1610 g/mol. The fraction of sp³-hybridized carbons (Fsp3) is 0.267. The highest BCUT2D eigenvalue weighted by molar-refractivity contribution is 5.90. The summed E-state index contributed by atoms with van der Waals surface area (Å²) in [5.74, 6) is -1.05. The SMILES string of the molecule is C=CCOC(=O)c1ccc(O[C@@H]2O[C@H](COC(=O)c3ccc(O[C@@H]4O[C@H](COC(=O)c5ccc(O[C@@H]6O[C@H](CO)[C@@H](OCc7ccccc7)[C@H](OCc7ccccc7)[C@H]6OCc6ccccc6)cc5)[C@@H](OCc5ccccc5)[C@H](OCc5ccccc5)[C@H]4OCc4ccccc4)cc3)[C@@H](OCc3ccccc3)[C@H](OCc3ccccc3)[C@H]2OCc2ccccc2)cc1. The van der Waals surface area contributed by atoms with E-state index in [1.807, 2.05) is 273 Å². The third-order valence-corrected chi connectivity index (χ3v) is 21.6. The first-order valence-corrected chi connectivity index (χ1v) is 42.5. The van der Waals surface area contributed by atoms with Gasteiger partial charge >= 0.3 is 17.9 Å². The van der Waals surface area contributed by atoms with Gasteiger partial charge in [-0.1, -0.05) is 286 Å². The van der Waals surface area contributed by atoms with E-state index in [0.717, 1.165) is 50.1 Å². The molecule has 22 nitrogen and oxygen atoms in total. The van der Waals surface area contributed by atoms with Gasteiger partial charge in [0.25, 0.3) is 0 Å². The minimum Gasteiger partial charge on any atom is -0.462 e. The highest BCUT2D eigenvalue weighted by Gasteiger charge is 2.53. The zero-order chi connectivity index (χ0) is 87.0. The largest absolute Gasteiger partial charge is 0.462 e. The monoisotopic (exact) mass is 1710 g/mol. The molecule has 1 N–H and O–H groups in total. The molecule has 3 aliphatic heterocycles. The van der Waals surface area contributed by atoms with Crippen molar-refractivity contribution < 1.29 is 105 Å². The highest BCUT2D eigenvalue weighted by Crippen LogP contribution is 2.38. The fourth-order valence-corrected chi connectivity index (χ4v) is 15.0. The number of hydrogen-bond donors (Lipinski definition) is 1. The quantitative estimate of drug-likeness (QED) is 0.0212. The molecule has 0 bridgehead atoms. The molecule has 0 saturated carbocycles. The molecule has 15 atom stereocenters. The van der Waals surface area contributed by atoms with Crippen LogP contribution in [0.15, 0.2) is 358 Å². The Kier molecular flexibility index (Phi) is 32.9. The van der Waals surface area contributed by atoms with Crippen molar-refractivity contribution in [3.05, 3.63) is 425 Å². The summed E-state index contributed by atoms with van der Waals surface area (Å²) in [5.41, 5.74) is 8.52. The topological polar surface area (TPSA) is 238 Å². The average molecular weight is 1720 g/mol. The van der Waals surface area contributed by atoms with Crippen molar-refractivity contribution in [1.29, 1.82) is 0 Å². The molecule has 127 heavy (non-hydrogen) atoms. The van der Waals surface area contributed by atoms with Gasteiger partial charge in [-0.3, -0.25) is 0 Å². The van der Waals surface area contributed by atoms with Gasteiger partial charge in [0.2, 0.25) is 18.9 Å². The second-order valence-electron chi connectivity index (χ2n) is 30.7. The summed E-state index contributed by atoms with van der Waals surface area (Å²) in [4.78, 5) is 42.5. The molecule has 3 heterocycles. The zero-order valence-electron chi connectivity index (χ0n) is 70.1. The molecule has 0 radical (unpaired) electrons. The van der Waals surface area contributed by atoms with Crippen molar-refractivity contribution in [3.63, 3.8) is 0 Å². The predicted octanol–water partition coefficient (Wildman–Crippen LogP) is 17.3. The van der Waals surface area contributed by atoms with Crippen LogP contribution in [0.25, 0.3) is 0 Å². The van der Waals surface area contributed by atoms with Crippen molar-refractivity contribution in [2.45, 2.75) is 152 Å². The summed E-state index contributed by atoms with van der Waals surface area (Å²) in [6, 6.07) is 106. The van der Waals surface area contributed by atoms with Crippen LogP contribution < -0.4 is 14.2 Å². The Morgan fingerprint density at radius 3 is 0.669 bits per heavy atom. The maximum absolute atomic E-state index is 14.8. The van der Waals surface area contributed by atoms with Crippen molar-refractivity contribution >= 4 is 17.9 Å². The summed E-state index contributed by atoms with van der Waals surface area (Å²) < 4.78 is 121. The number of esters is 3. The van der Waals surface area contributed by atoms with Gasteiger partial charge in [0.05, 0.1) is 82.8 Å². The average Bonchev–Trinajstić information content (AvgIpc) is 0.790. The lowest BCUT2D eigenvalue weighted by Crippen LogP contribution is -2.62. The summed E-state index contributed by atoms with van der Waals surface area (Å²) >= 11 is 0. The van der Waals surface area contributed by atoms with Crippen LogP contribution >= 0.6 is 0 Å². The van der Waals surface area contributed by atoms with E-state index in [4.69, 9.17) is 85.3 Å². The summed E-state index contributed by atoms with van der Waals surface area (Å²) in [6.07, 6.45) is -13.6. The number of benzene rings is 12. The molecule has 0 unspecified atom stereocenters. The second-order valence-corrected chi connectivity index (χ2v) is 30.7. The van der Waals surface area contributed by atoms with E-state index in [2.05, 4.69) is 6.58 Å². The number of ether oxygens (including phenoxy) is 18. The molecular formula is C105H102O22. The molecule has 3 saturated heterocycles. The van der Waals surface area contributed by atoms with Gasteiger partial charge in [-0.2, -0.15) is 0 Å². The molecule has 12 aromatic rings. The van der Waals surface area contributed by atoms with Gasteiger partial charge in [-0.15, -0.1) is 0 Å². The number of aliphatic hydroxyl groups excluding tert-OH is 1. The van der Waals surface area contributed by atoms with Crippen molar-refractivity contribution in [3.8, 4) is 17.2 Å². The first-order valence-electron chi connectivity index (χ1n) is 42.5. The first-order chi connectivity index (χ1) is 62.6. The highest BCUT2D eigenvalue weighted by atomic mass is 16.7. The number of hydrogen-bond acceptors (Lipinski definition) is 22. The summed E-state index contributed by atoms with van der Waals surface area (Å²) in [7, 11) is 0. The Morgan fingerprint density at radius 1 is 0.252 bits per heavy atom. The predicted molar refractivity (Wildman–Crippen MR) is 470 cm³/mol.